The average molecular weight is 534 g/mol. The molecule has 1 aliphatic carbocycles. The molecule has 0 saturated heterocycles. The van der Waals surface area contributed by atoms with Gasteiger partial charge in [-0.15, -0.1) is 0 Å². The van der Waals surface area contributed by atoms with Crippen molar-refractivity contribution >= 4 is 23.2 Å². The number of ether oxygens (including phenoxy) is 3. The molecule has 0 aromatic heterocycles. The molecule has 204 valence electrons. The highest BCUT2D eigenvalue weighted by atomic mass is 16.5. The Labute approximate surface area is 225 Å². The van der Waals surface area contributed by atoms with Crippen LogP contribution >= 0.6 is 0 Å². The number of carbonyl (C=O) groups is 2. The third-order valence-corrected chi connectivity index (χ3v) is 6.49. The number of methoxy groups -OCH3 is 3. The molecule has 0 heterocycles. The lowest BCUT2D eigenvalue weighted by Gasteiger charge is -2.19. The van der Waals surface area contributed by atoms with Gasteiger partial charge in [0.25, 0.3) is 0 Å². The number of phenolic OH excluding ortho intramolecular Hbond substituents is 1. The zero-order valence-electron chi connectivity index (χ0n) is 22.2. The number of aryl methyl sites for hydroxylation is 1. The Morgan fingerprint density at radius 1 is 1.00 bits per heavy atom. The van der Waals surface area contributed by atoms with Gasteiger partial charge in [-0.25, -0.2) is 0 Å². The maximum absolute atomic E-state index is 13.3. The molecule has 4 N–H and O–H groups in total. The first-order valence-corrected chi connectivity index (χ1v) is 12.4. The van der Waals surface area contributed by atoms with E-state index in [1.165, 1.54) is 39.3 Å². The summed E-state index contributed by atoms with van der Waals surface area (Å²) < 4.78 is 16.9. The molecule has 10 nitrogen and oxygen atoms in total. The molecule has 0 fully saturated rings. The van der Waals surface area contributed by atoms with Crippen LogP contribution in [0.3, 0.4) is 0 Å². The number of benzene rings is 2. The lowest BCUT2D eigenvalue weighted by Crippen LogP contribution is -2.27. The molecule has 3 aromatic carbocycles. The second-order valence-corrected chi connectivity index (χ2v) is 9.05. The van der Waals surface area contributed by atoms with Crippen LogP contribution in [0.25, 0.3) is 11.1 Å². The summed E-state index contributed by atoms with van der Waals surface area (Å²) in [5.41, 5.74) is 3.25. The summed E-state index contributed by atoms with van der Waals surface area (Å²) in [6, 6.07) is 12.5. The molecule has 2 amide bonds. The highest BCUT2D eigenvalue weighted by Crippen LogP contribution is 2.50. The third-order valence-electron chi connectivity index (χ3n) is 6.49. The van der Waals surface area contributed by atoms with Crippen molar-refractivity contribution in [3.05, 3.63) is 69.9 Å². The average Bonchev–Trinajstić information content (AvgIpc) is 3.14. The maximum Gasteiger partial charge on any atom is 0.243 e. The number of anilines is 2. The first-order chi connectivity index (χ1) is 18.7. The van der Waals surface area contributed by atoms with E-state index in [-0.39, 0.29) is 29.3 Å². The highest BCUT2D eigenvalue weighted by Gasteiger charge is 2.29. The number of carbonyl (C=O) groups excluding carboxylic acids is 2. The summed E-state index contributed by atoms with van der Waals surface area (Å²) in [4.78, 5) is 37.9. The van der Waals surface area contributed by atoms with Gasteiger partial charge in [0, 0.05) is 24.2 Å². The van der Waals surface area contributed by atoms with Crippen LogP contribution < -0.4 is 35.6 Å². The van der Waals surface area contributed by atoms with Gasteiger partial charge in [-0.05, 0) is 59.9 Å². The molecule has 39 heavy (non-hydrogen) atoms. The van der Waals surface area contributed by atoms with Gasteiger partial charge in [0.2, 0.25) is 23.0 Å². The Morgan fingerprint density at radius 3 is 2.44 bits per heavy atom. The van der Waals surface area contributed by atoms with Gasteiger partial charge in [0.15, 0.2) is 11.5 Å². The third kappa shape index (κ3) is 5.90. The van der Waals surface area contributed by atoms with Crippen LogP contribution in [0.15, 0.2) is 53.3 Å². The van der Waals surface area contributed by atoms with Gasteiger partial charge in [0.1, 0.15) is 5.75 Å². The molecule has 0 bridgehead atoms. The monoisotopic (exact) mass is 533 g/mol. The first-order valence-electron chi connectivity index (χ1n) is 12.4. The first kappa shape index (κ1) is 27.3. The minimum absolute atomic E-state index is 0.0258. The van der Waals surface area contributed by atoms with E-state index < -0.39 is 11.9 Å². The molecule has 1 aliphatic rings. The fourth-order valence-corrected chi connectivity index (χ4v) is 4.82. The number of hydrogen-bond acceptors (Lipinski definition) is 8. The lowest BCUT2D eigenvalue weighted by atomic mass is 9.95. The molecular weight excluding hydrogens is 502 g/mol. The number of rotatable bonds is 8. The SMILES string of the molecule is COc1cc2c(c(OC)c1OC)-c1ccc(NCC(=O)Nc3cccc(O)c3)c(=O)cc1[C@H](NC(C)=O)CC2. The molecular formula is C29H31N3O7. The molecule has 10 heteroatoms. The van der Waals surface area contributed by atoms with Crippen LogP contribution in [0, 0.1) is 0 Å². The molecule has 0 aliphatic heterocycles. The van der Waals surface area contributed by atoms with E-state index >= 15 is 0 Å². The smallest absolute Gasteiger partial charge is 0.243 e. The Morgan fingerprint density at radius 2 is 1.77 bits per heavy atom. The number of aromatic hydroxyl groups is 1. The number of fused-ring (bicyclic) bond motifs is 3. The Kier molecular flexibility index (Phi) is 8.24. The normalized spacial score (nSPS) is 13.7. The summed E-state index contributed by atoms with van der Waals surface area (Å²) in [6.07, 6.45) is 1.13. The molecule has 4 rings (SSSR count). The molecule has 0 spiro atoms. The van der Waals surface area contributed by atoms with Crippen LogP contribution in [0.5, 0.6) is 23.0 Å². The molecule has 0 unspecified atom stereocenters. The Bertz CT molecular complexity index is 1470. The lowest BCUT2D eigenvalue weighted by molar-refractivity contribution is -0.119. The fourth-order valence-electron chi connectivity index (χ4n) is 4.82. The molecule has 0 saturated carbocycles. The van der Waals surface area contributed by atoms with Crippen LogP contribution in [0.4, 0.5) is 11.4 Å². The van der Waals surface area contributed by atoms with E-state index in [1.807, 2.05) is 6.07 Å². The Hall–Kier alpha value is -4.73. The van der Waals surface area contributed by atoms with E-state index in [9.17, 15) is 19.5 Å². The second kappa shape index (κ2) is 11.8. The van der Waals surface area contributed by atoms with Crippen molar-refractivity contribution in [1.82, 2.24) is 5.32 Å². The fraction of sp³-hybridized carbons (Fsp3) is 0.276. The van der Waals surface area contributed by atoms with Crippen molar-refractivity contribution in [2.24, 2.45) is 0 Å². The molecule has 3 aromatic rings. The van der Waals surface area contributed by atoms with E-state index in [4.69, 9.17) is 14.2 Å². The number of hydrogen-bond donors (Lipinski definition) is 4. The van der Waals surface area contributed by atoms with Crippen LogP contribution in [-0.2, 0) is 16.0 Å². The second-order valence-electron chi connectivity index (χ2n) is 9.05. The van der Waals surface area contributed by atoms with Crippen LogP contribution in [-0.4, -0.2) is 44.8 Å². The zero-order chi connectivity index (χ0) is 28.1. The standard InChI is InChI=1S/C29H31N3O7/c1-16(33)31-22-10-8-17-12-25(37-2)28(38-3)29(39-4)27(17)20-9-11-23(24(35)14-21(20)22)30-15-26(36)32-18-6-5-7-19(34)13-18/h5-7,9,11-14,22,34H,8,10,15H2,1-4H3,(H,30,35)(H,31,33)(H,32,36)/t22-/m1/s1. The number of phenols is 1. The number of amides is 2. The molecule has 0 radical (unpaired) electrons. The minimum atomic E-state index is -0.436. The minimum Gasteiger partial charge on any atom is -0.508 e. The predicted molar refractivity (Wildman–Crippen MR) is 148 cm³/mol. The predicted octanol–water partition coefficient (Wildman–Crippen LogP) is 3.62. The summed E-state index contributed by atoms with van der Waals surface area (Å²) in [7, 11) is 4.61. The maximum atomic E-state index is 13.3. The quantitative estimate of drug-likeness (QED) is 0.345. The van der Waals surface area contributed by atoms with Gasteiger partial charge in [-0.1, -0.05) is 12.1 Å². The van der Waals surface area contributed by atoms with Crippen molar-refractivity contribution in [3.8, 4) is 34.1 Å². The van der Waals surface area contributed by atoms with E-state index in [0.717, 1.165) is 11.1 Å². The van der Waals surface area contributed by atoms with Gasteiger partial charge in [-0.3, -0.25) is 14.4 Å². The van der Waals surface area contributed by atoms with E-state index in [1.54, 1.807) is 31.4 Å². The van der Waals surface area contributed by atoms with Crippen LogP contribution in [0.2, 0.25) is 0 Å². The van der Waals surface area contributed by atoms with Crippen molar-refractivity contribution < 1.29 is 28.9 Å². The summed E-state index contributed by atoms with van der Waals surface area (Å²) in [5.74, 6) is 0.789. The van der Waals surface area contributed by atoms with Crippen molar-refractivity contribution in [2.45, 2.75) is 25.8 Å². The van der Waals surface area contributed by atoms with Crippen molar-refractivity contribution in [3.63, 3.8) is 0 Å². The van der Waals surface area contributed by atoms with Crippen molar-refractivity contribution in [2.75, 3.05) is 38.5 Å². The summed E-state index contributed by atoms with van der Waals surface area (Å²) in [5, 5.41) is 18.1. The van der Waals surface area contributed by atoms with E-state index in [2.05, 4.69) is 16.0 Å². The summed E-state index contributed by atoms with van der Waals surface area (Å²) >= 11 is 0. The van der Waals surface area contributed by atoms with Crippen LogP contribution in [0.1, 0.15) is 30.5 Å². The van der Waals surface area contributed by atoms with Gasteiger partial charge in [-0.2, -0.15) is 0 Å². The number of nitrogens with one attached hydrogen (secondary N) is 3. The molecule has 1 atom stereocenters. The highest BCUT2D eigenvalue weighted by molar-refractivity contribution is 5.94. The van der Waals surface area contributed by atoms with Gasteiger partial charge < -0.3 is 35.3 Å². The topological polar surface area (TPSA) is 135 Å². The van der Waals surface area contributed by atoms with Gasteiger partial charge >= 0.3 is 0 Å². The zero-order valence-corrected chi connectivity index (χ0v) is 22.2. The van der Waals surface area contributed by atoms with Crippen molar-refractivity contribution in [1.29, 1.82) is 0 Å². The summed E-state index contributed by atoms with van der Waals surface area (Å²) in [6.45, 7) is 1.25. The largest absolute Gasteiger partial charge is 0.508 e. The Balaban J connectivity index is 1.77. The van der Waals surface area contributed by atoms with Gasteiger partial charge in [0.05, 0.1) is 39.6 Å². The van der Waals surface area contributed by atoms with E-state index in [0.29, 0.717) is 46.9 Å².